The number of carbonyl (C=O) groups is 1. The van der Waals surface area contributed by atoms with E-state index < -0.39 is 9.28 Å². The molecule has 0 spiro atoms. The smallest absolute Gasteiger partial charge is 0.333 e. The Morgan fingerprint density at radius 1 is 1.09 bits per heavy atom. The molecule has 22 heavy (non-hydrogen) atoms. The number of esters is 1. The van der Waals surface area contributed by atoms with E-state index in [1.165, 1.54) is 25.7 Å². The molecule has 0 aliphatic rings. The van der Waals surface area contributed by atoms with E-state index in [1.54, 1.807) is 6.92 Å². The molecule has 130 valence electrons. The van der Waals surface area contributed by atoms with Crippen LogP contribution in [0.3, 0.4) is 0 Å². The van der Waals surface area contributed by atoms with E-state index in [0.717, 1.165) is 25.7 Å². The highest BCUT2D eigenvalue weighted by molar-refractivity contribution is 6.44. The maximum atomic E-state index is 11.3. The molecule has 0 radical (unpaired) electrons. The number of hydrogen-bond acceptors (Lipinski definition) is 4. The third kappa shape index (κ3) is 11.9. The molecule has 0 saturated heterocycles. The molecule has 0 aromatic carbocycles. The highest BCUT2D eigenvalue weighted by Gasteiger charge is 2.11. The van der Waals surface area contributed by atoms with Gasteiger partial charge in [0.25, 0.3) is 0 Å². The van der Waals surface area contributed by atoms with Crippen molar-refractivity contribution in [1.82, 2.24) is 0 Å². The largest absolute Gasteiger partial charge is 0.462 e. The van der Waals surface area contributed by atoms with Crippen LogP contribution >= 0.6 is 0 Å². The minimum atomic E-state index is -1.41. The fourth-order valence-corrected chi connectivity index (χ4v) is 3.98. The summed E-state index contributed by atoms with van der Waals surface area (Å²) in [5, 5.41) is 0. The van der Waals surface area contributed by atoms with Gasteiger partial charge in [0.1, 0.15) is 0 Å². The van der Waals surface area contributed by atoms with Crippen molar-refractivity contribution in [2.45, 2.75) is 65.8 Å². The topological polar surface area (TPSA) is 44.8 Å². The molecule has 0 aromatic heterocycles. The minimum absolute atomic E-state index is 0.282. The molecule has 5 heteroatoms. The predicted octanol–water partition coefficient (Wildman–Crippen LogP) is 3.99. The van der Waals surface area contributed by atoms with E-state index in [1.807, 2.05) is 13.8 Å². The van der Waals surface area contributed by atoms with Crippen LogP contribution in [-0.4, -0.2) is 35.1 Å². The van der Waals surface area contributed by atoms with E-state index in [2.05, 4.69) is 13.5 Å². The van der Waals surface area contributed by atoms with Crippen molar-refractivity contribution in [3.63, 3.8) is 0 Å². The molecule has 0 saturated carbocycles. The summed E-state index contributed by atoms with van der Waals surface area (Å²) in [5.74, 6) is 0.305. The van der Waals surface area contributed by atoms with Crippen molar-refractivity contribution < 1.29 is 18.4 Å². The number of hydrogen-bond donors (Lipinski definition) is 0. The van der Waals surface area contributed by atoms with Gasteiger partial charge in [-0.25, -0.2) is 4.79 Å². The number of ether oxygens (including phenoxy) is 1. The number of unbranched alkanes of at least 4 members (excludes halogenated alkanes) is 2. The Balaban J connectivity index is 3.57. The molecule has 0 aromatic rings. The zero-order valence-electron chi connectivity index (χ0n) is 14.9. The molecule has 1 unspecified atom stereocenters. The molecular weight excluding hydrogens is 296 g/mol. The summed E-state index contributed by atoms with van der Waals surface area (Å²) >= 11 is 0. The van der Waals surface area contributed by atoms with Crippen LogP contribution in [-0.2, 0) is 18.4 Å². The first kappa shape index (κ1) is 21.3. The Kier molecular flexibility index (Phi) is 13.6. The van der Waals surface area contributed by atoms with Crippen molar-refractivity contribution in [3.05, 3.63) is 12.2 Å². The molecule has 0 aliphatic heterocycles. The van der Waals surface area contributed by atoms with Gasteiger partial charge < -0.3 is 13.6 Å². The summed E-state index contributed by atoms with van der Waals surface area (Å²) < 4.78 is 16.5. The third-order valence-corrected chi connectivity index (χ3v) is 5.82. The first-order valence-electron chi connectivity index (χ1n) is 8.57. The van der Waals surface area contributed by atoms with Crippen LogP contribution in [0.4, 0.5) is 0 Å². The van der Waals surface area contributed by atoms with Crippen LogP contribution in [0.2, 0.25) is 6.04 Å². The van der Waals surface area contributed by atoms with Crippen LogP contribution in [0.5, 0.6) is 0 Å². The quantitative estimate of drug-likeness (QED) is 0.209. The van der Waals surface area contributed by atoms with Crippen LogP contribution < -0.4 is 0 Å². The summed E-state index contributed by atoms with van der Waals surface area (Å²) in [5.41, 5.74) is 0.468. The predicted molar refractivity (Wildman–Crippen MR) is 93.2 cm³/mol. The molecule has 4 nitrogen and oxygen atoms in total. The SMILES string of the molecule is C=C(C)C(=O)OCCC(C)CCCCC[SiH](OCC)OCC. The van der Waals surface area contributed by atoms with Gasteiger partial charge in [0.15, 0.2) is 0 Å². The van der Waals surface area contributed by atoms with Gasteiger partial charge >= 0.3 is 15.3 Å². The normalized spacial score (nSPS) is 12.4. The van der Waals surface area contributed by atoms with Crippen LogP contribution in [0, 0.1) is 5.92 Å². The summed E-state index contributed by atoms with van der Waals surface area (Å²) in [6.07, 6.45) is 5.73. The second kappa shape index (κ2) is 14.0. The van der Waals surface area contributed by atoms with Gasteiger partial charge in [-0.1, -0.05) is 39.2 Å². The lowest BCUT2D eigenvalue weighted by molar-refractivity contribution is -0.139. The average molecular weight is 331 g/mol. The standard InChI is InChI=1S/C17H34O4Si/c1-6-20-22(21-7-2)14-10-8-9-11-16(5)12-13-19-17(18)15(3)4/h16,22H,3,6-14H2,1-2,4-5H3. The van der Waals surface area contributed by atoms with Crippen molar-refractivity contribution >= 4 is 15.3 Å². The zero-order valence-corrected chi connectivity index (χ0v) is 16.0. The number of rotatable bonds is 14. The number of carbonyl (C=O) groups excluding carboxylic acids is 1. The Labute approximate surface area is 138 Å². The summed E-state index contributed by atoms with van der Waals surface area (Å²) in [6.45, 7) is 13.5. The first-order chi connectivity index (χ1) is 10.5. The van der Waals surface area contributed by atoms with Gasteiger partial charge in [-0.05, 0) is 39.2 Å². The maximum absolute atomic E-state index is 11.3. The van der Waals surface area contributed by atoms with Crippen molar-refractivity contribution in [1.29, 1.82) is 0 Å². The van der Waals surface area contributed by atoms with Gasteiger partial charge in [0.2, 0.25) is 0 Å². The van der Waals surface area contributed by atoms with Gasteiger partial charge in [-0.3, -0.25) is 0 Å². The van der Waals surface area contributed by atoms with Crippen molar-refractivity contribution in [3.8, 4) is 0 Å². The van der Waals surface area contributed by atoms with Crippen LogP contribution in [0.15, 0.2) is 12.2 Å². The molecule has 0 aliphatic carbocycles. The van der Waals surface area contributed by atoms with E-state index in [-0.39, 0.29) is 5.97 Å². The molecule has 0 rings (SSSR count). The Bertz CT molecular complexity index is 301. The minimum Gasteiger partial charge on any atom is -0.462 e. The zero-order chi connectivity index (χ0) is 16.8. The van der Waals surface area contributed by atoms with Crippen molar-refractivity contribution in [2.75, 3.05) is 19.8 Å². The molecule has 0 bridgehead atoms. The lowest BCUT2D eigenvalue weighted by Gasteiger charge is -2.15. The van der Waals surface area contributed by atoms with Gasteiger partial charge in [0.05, 0.1) is 6.61 Å². The fraction of sp³-hybridized carbons (Fsp3) is 0.824. The summed E-state index contributed by atoms with van der Waals surface area (Å²) in [4.78, 5) is 11.3. The molecule has 0 heterocycles. The van der Waals surface area contributed by atoms with Crippen molar-refractivity contribution in [2.24, 2.45) is 5.92 Å². The molecule has 0 amide bonds. The van der Waals surface area contributed by atoms with Gasteiger partial charge in [-0.2, -0.15) is 0 Å². The summed E-state index contributed by atoms with van der Waals surface area (Å²) in [6, 6.07) is 1.10. The van der Waals surface area contributed by atoms with E-state index in [4.69, 9.17) is 13.6 Å². The van der Waals surface area contributed by atoms with Gasteiger partial charge in [-0.15, -0.1) is 0 Å². The average Bonchev–Trinajstić information content (AvgIpc) is 2.47. The van der Waals surface area contributed by atoms with E-state index in [0.29, 0.717) is 18.1 Å². The fourth-order valence-electron chi connectivity index (χ4n) is 2.19. The molecular formula is C17H34O4Si. The Morgan fingerprint density at radius 2 is 1.73 bits per heavy atom. The Hall–Kier alpha value is -0.653. The lowest BCUT2D eigenvalue weighted by Crippen LogP contribution is -2.22. The maximum Gasteiger partial charge on any atom is 0.333 e. The van der Waals surface area contributed by atoms with E-state index >= 15 is 0 Å². The molecule has 0 N–H and O–H groups in total. The second-order valence-electron chi connectivity index (χ2n) is 5.79. The highest BCUT2D eigenvalue weighted by atomic mass is 28.3. The highest BCUT2D eigenvalue weighted by Crippen LogP contribution is 2.15. The Morgan fingerprint density at radius 3 is 2.27 bits per heavy atom. The molecule has 0 fully saturated rings. The van der Waals surface area contributed by atoms with E-state index in [9.17, 15) is 4.79 Å². The third-order valence-electron chi connectivity index (χ3n) is 3.53. The van der Waals surface area contributed by atoms with Crippen LogP contribution in [0.25, 0.3) is 0 Å². The second-order valence-corrected chi connectivity index (χ2v) is 7.89. The summed E-state index contributed by atoms with van der Waals surface area (Å²) in [7, 11) is -1.41. The first-order valence-corrected chi connectivity index (χ1v) is 10.3. The monoisotopic (exact) mass is 330 g/mol. The lowest BCUT2D eigenvalue weighted by atomic mass is 10.0. The van der Waals surface area contributed by atoms with Gasteiger partial charge in [0, 0.05) is 18.8 Å². The molecule has 1 atom stereocenters. The van der Waals surface area contributed by atoms with Crippen LogP contribution in [0.1, 0.15) is 59.8 Å².